The highest BCUT2D eigenvalue weighted by Crippen LogP contribution is 2.35. The van der Waals surface area contributed by atoms with Crippen LogP contribution in [0, 0.1) is 6.92 Å². The van der Waals surface area contributed by atoms with Crippen molar-refractivity contribution in [2.75, 3.05) is 0 Å². The number of aromatic amines is 1. The van der Waals surface area contributed by atoms with Gasteiger partial charge in [-0.2, -0.15) is 4.98 Å². The molecule has 0 unspecified atom stereocenters. The lowest BCUT2D eigenvalue weighted by atomic mass is 9.98. The summed E-state index contributed by atoms with van der Waals surface area (Å²) >= 11 is 0. The Morgan fingerprint density at radius 2 is 2.16 bits per heavy atom. The van der Waals surface area contributed by atoms with Crippen LogP contribution in [0.4, 0.5) is 0 Å². The summed E-state index contributed by atoms with van der Waals surface area (Å²) in [5.41, 5.74) is 7.22. The van der Waals surface area contributed by atoms with Crippen molar-refractivity contribution in [2.45, 2.75) is 38.1 Å². The van der Waals surface area contributed by atoms with Gasteiger partial charge >= 0.3 is 0 Å². The molecule has 0 aromatic carbocycles. The van der Waals surface area contributed by atoms with Gasteiger partial charge in [-0.15, -0.1) is 0 Å². The Morgan fingerprint density at radius 3 is 2.84 bits per heavy atom. The van der Waals surface area contributed by atoms with E-state index >= 15 is 0 Å². The number of hydrogen-bond donors (Lipinski definition) is 2. The van der Waals surface area contributed by atoms with Gasteiger partial charge < -0.3 is 15.2 Å². The van der Waals surface area contributed by atoms with Crippen molar-refractivity contribution in [2.24, 2.45) is 5.73 Å². The molecule has 0 radical (unpaired) electrons. The van der Waals surface area contributed by atoms with Crippen molar-refractivity contribution in [1.82, 2.24) is 15.1 Å². The van der Waals surface area contributed by atoms with Crippen LogP contribution in [0.15, 0.2) is 21.6 Å². The second-order valence-electron chi connectivity index (χ2n) is 5.18. The molecule has 6 heteroatoms. The number of H-pyrrole nitrogens is 1. The van der Waals surface area contributed by atoms with Crippen LogP contribution in [-0.2, 0) is 5.54 Å². The number of hydrogen-bond acceptors (Lipinski definition) is 5. The van der Waals surface area contributed by atoms with Gasteiger partial charge in [0.2, 0.25) is 5.56 Å². The molecule has 6 nitrogen and oxygen atoms in total. The van der Waals surface area contributed by atoms with Gasteiger partial charge in [-0.3, -0.25) is 4.79 Å². The van der Waals surface area contributed by atoms with Crippen molar-refractivity contribution in [3.05, 3.63) is 34.0 Å². The Labute approximate surface area is 110 Å². The average molecular weight is 260 g/mol. The first-order chi connectivity index (χ1) is 9.08. The van der Waals surface area contributed by atoms with E-state index in [-0.39, 0.29) is 5.56 Å². The number of pyridine rings is 1. The summed E-state index contributed by atoms with van der Waals surface area (Å²) in [4.78, 5) is 18.2. The maximum absolute atomic E-state index is 11.2. The molecule has 1 saturated carbocycles. The lowest BCUT2D eigenvalue weighted by Gasteiger charge is -2.17. The van der Waals surface area contributed by atoms with E-state index in [0.717, 1.165) is 36.8 Å². The van der Waals surface area contributed by atoms with Crippen LogP contribution in [0.5, 0.6) is 0 Å². The number of aromatic nitrogens is 3. The number of rotatable bonds is 2. The summed E-state index contributed by atoms with van der Waals surface area (Å²) in [6.07, 6.45) is 5.55. The quantitative estimate of drug-likeness (QED) is 0.851. The van der Waals surface area contributed by atoms with Gasteiger partial charge in [-0.1, -0.05) is 18.0 Å². The molecule has 0 atom stereocenters. The molecule has 1 aliphatic carbocycles. The molecule has 3 N–H and O–H groups in total. The third-order valence-electron chi connectivity index (χ3n) is 3.73. The Bertz CT molecular complexity index is 653. The minimum Gasteiger partial charge on any atom is -0.334 e. The number of nitrogens with zero attached hydrogens (tertiary/aromatic N) is 2. The third kappa shape index (κ3) is 2.08. The molecule has 0 aliphatic heterocycles. The van der Waals surface area contributed by atoms with Crippen LogP contribution in [0.1, 0.15) is 37.1 Å². The Kier molecular flexibility index (Phi) is 2.74. The van der Waals surface area contributed by atoms with Gasteiger partial charge in [0, 0.05) is 12.3 Å². The summed E-state index contributed by atoms with van der Waals surface area (Å²) in [5.74, 6) is 0.964. The minimum absolute atomic E-state index is 0.146. The first-order valence-corrected chi connectivity index (χ1v) is 6.41. The Morgan fingerprint density at radius 1 is 1.42 bits per heavy atom. The molecular weight excluding hydrogens is 244 g/mol. The van der Waals surface area contributed by atoms with Gasteiger partial charge in [0.1, 0.15) is 0 Å². The maximum atomic E-state index is 11.2. The average Bonchev–Trinajstić information content (AvgIpc) is 2.99. The van der Waals surface area contributed by atoms with E-state index in [1.54, 1.807) is 6.20 Å². The minimum atomic E-state index is -0.460. The molecule has 0 saturated heterocycles. The summed E-state index contributed by atoms with van der Waals surface area (Å²) in [6.45, 7) is 1.84. The second-order valence-corrected chi connectivity index (χ2v) is 5.18. The van der Waals surface area contributed by atoms with Crippen molar-refractivity contribution >= 4 is 0 Å². The second kappa shape index (κ2) is 4.31. The Balaban J connectivity index is 1.99. The summed E-state index contributed by atoms with van der Waals surface area (Å²) in [6, 6.07) is 1.51. The van der Waals surface area contributed by atoms with Crippen molar-refractivity contribution in [1.29, 1.82) is 0 Å². The largest absolute Gasteiger partial charge is 0.334 e. The molecule has 2 heterocycles. The fraction of sp³-hybridized carbons (Fsp3) is 0.462. The molecule has 19 heavy (non-hydrogen) atoms. The summed E-state index contributed by atoms with van der Waals surface area (Å²) < 4.78 is 5.29. The number of nitrogens with one attached hydrogen (secondary N) is 1. The zero-order valence-electron chi connectivity index (χ0n) is 10.8. The fourth-order valence-electron chi connectivity index (χ4n) is 2.57. The Hall–Kier alpha value is -1.95. The van der Waals surface area contributed by atoms with Gasteiger partial charge in [0.05, 0.1) is 11.1 Å². The number of nitrogens with two attached hydrogens (primary N) is 1. The van der Waals surface area contributed by atoms with Crippen molar-refractivity contribution in [3.63, 3.8) is 0 Å². The molecule has 0 spiro atoms. The maximum Gasteiger partial charge on any atom is 0.259 e. The van der Waals surface area contributed by atoms with Crippen molar-refractivity contribution < 1.29 is 4.52 Å². The van der Waals surface area contributed by atoms with E-state index < -0.39 is 5.54 Å². The normalized spacial score (nSPS) is 17.8. The zero-order valence-corrected chi connectivity index (χ0v) is 10.8. The lowest BCUT2D eigenvalue weighted by molar-refractivity contribution is 0.372. The van der Waals surface area contributed by atoms with Gasteiger partial charge in [-0.25, -0.2) is 0 Å². The van der Waals surface area contributed by atoms with Crippen LogP contribution in [0.2, 0.25) is 0 Å². The van der Waals surface area contributed by atoms with Crippen LogP contribution >= 0.6 is 0 Å². The van der Waals surface area contributed by atoms with E-state index in [2.05, 4.69) is 15.1 Å². The predicted octanol–water partition coefficient (Wildman–Crippen LogP) is 1.46. The highest BCUT2D eigenvalue weighted by atomic mass is 16.5. The number of aryl methyl sites for hydroxylation is 1. The molecule has 1 aliphatic rings. The molecule has 3 rings (SSSR count). The van der Waals surface area contributed by atoms with E-state index in [9.17, 15) is 4.79 Å². The van der Waals surface area contributed by atoms with Crippen LogP contribution in [-0.4, -0.2) is 15.1 Å². The molecule has 2 aromatic rings. The van der Waals surface area contributed by atoms with Crippen LogP contribution in [0.3, 0.4) is 0 Å². The molecule has 2 aromatic heterocycles. The molecule has 100 valence electrons. The highest BCUT2D eigenvalue weighted by Gasteiger charge is 2.36. The van der Waals surface area contributed by atoms with Crippen LogP contribution < -0.4 is 11.3 Å². The van der Waals surface area contributed by atoms with Crippen LogP contribution in [0.25, 0.3) is 11.5 Å². The van der Waals surface area contributed by atoms with Gasteiger partial charge in [0.15, 0.2) is 5.82 Å². The van der Waals surface area contributed by atoms with E-state index in [1.165, 1.54) is 6.07 Å². The summed E-state index contributed by atoms with van der Waals surface area (Å²) in [7, 11) is 0. The van der Waals surface area contributed by atoms with E-state index in [0.29, 0.717) is 11.7 Å². The smallest absolute Gasteiger partial charge is 0.259 e. The standard InChI is InChI=1S/C13H16N4O2/c1-8-6-10(18)15-7-9(8)11-16-12(17-19-11)13(14)4-2-3-5-13/h6-7H,2-5,14H2,1H3,(H,15,18). The molecule has 1 fully saturated rings. The molecular formula is C13H16N4O2. The highest BCUT2D eigenvalue weighted by molar-refractivity contribution is 5.56. The SMILES string of the molecule is Cc1cc(=O)[nH]cc1-c1nc(C2(N)CCCC2)no1. The molecule has 0 amide bonds. The molecule has 0 bridgehead atoms. The van der Waals surface area contributed by atoms with Gasteiger partial charge in [0.25, 0.3) is 5.89 Å². The fourth-order valence-corrected chi connectivity index (χ4v) is 2.57. The van der Waals surface area contributed by atoms with E-state index in [1.807, 2.05) is 6.92 Å². The summed E-state index contributed by atoms with van der Waals surface area (Å²) in [5, 5.41) is 4.01. The van der Waals surface area contributed by atoms with E-state index in [4.69, 9.17) is 10.3 Å². The zero-order chi connectivity index (χ0) is 13.5. The third-order valence-corrected chi connectivity index (χ3v) is 3.73. The van der Waals surface area contributed by atoms with Crippen molar-refractivity contribution in [3.8, 4) is 11.5 Å². The predicted molar refractivity (Wildman–Crippen MR) is 69.4 cm³/mol. The van der Waals surface area contributed by atoms with Gasteiger partial charge in [-0.05, 0) is 25.3 Å². The first-order valence-electron chi connectivity index (χ1n) is 6.41. The monoisotopic (exact) mass is 260 g/mol. The lowest BCUT2D eigenvalue weighted by Crippen LogP contribution is -2.34. The first kappa shape index (κ1) is 12.1. The topological polar surface area (TPSA) is 97.8 Å².